The van der Waals surface area contributed by atoms with Crippen molar-refractivity contribution >= 4 is 27.7 Å². The summed E-state index contributed by atoms with van der Waals surface area (Å²) in [7, 11) is -2.43. The van der Waals surface area contributed by atoms with Gasteiger partial charge >= 0.3 is 12.1 Å². The quantitative estimate of drug-likeness (QED) is 0.619. The Balaban J connectivity index is 1.71. The molecule has 9 heteroatoms. The number of carbonyl (C=O) groups excluding carboxylic acids is 2. The Morgan fingerprint density at radius 3 is 2.32 bits per heavy atom. The molecule has 170 valence electrons. The number of hydrogen-bond donors (Lipinski definition) is 0. The molecular formula is C22H30N2O6S. The zero-order valence-corrected chi connectivity index (χ0v) is 18.9. The van der Waals surface area contributed by atoms with Gasteiger partial charge in [0.25, 0.3) is 0 Å². The van der Waals surface area contributed by atoms with Crippen molar-refractivity contribution in [3.8, 4) is 0 Å². The standard InChI is InChI=1S/C22H30N2O6S/c1-3-30-21(26)23-15-11-22(12-16-23,20(25)29-2)17-31(27,28)24-13-9-19(10-14-24)18-7-5-4-6-8-18/h4-9H,3,10-17H2,1-2H3. The molecule has 2 heterocycles. The fourth-order valence-electron chi connectivity index (χ4n) is 4.21. The molecule has 8 nitrogen and oxygen atoms in total. The van der Waals surface area contributed by atoms with Crippen molar-refractivity contribution in [2.24, 2.45) is 5.41 Å². The van der Waals surface area contributed by atoms with Crippen molar-refractivity contribution in [1.82, 2.24) is 9.21 Å². The topological polar surface area (TPSA) is 93.2 Å². The number of esters is 1. The van der Waals surface area contributed by atoms with Crippen molar-refractivity contribution in [2.75, 3.05) is 45.6 Å². The van der Waals surface area contributed by atoms with Gasteiger partial charge in [-0.25, -0.2) is 13.2 Å². The first-order valence-electron chi connectivity index (χ1n) is 10.5. The van der Waals surface area contributed by atoms with Crippen LogP contribution in [0.3, 0.4) is 0 Å². The molecule has 1 amide bonds. The van der Waals surface area contributed by atoms with E-state index in [1.807, 2.05) is 36.4 Å². The maximum absolute atomic E-state index is 13.2. The Kier molecular flexibility index (Phi) is 7.38. The number of carbonyl (C=O) groups is 2. The molecule has 2 aliphatic heterocycles. The Morgan fingerprint density at radius 2 is 1.77 bits per heavy atom. The number of ether oxygens (including phenoxy) is 2. The van der Waals surface area contributed by atoms with Crippen LogP contribution in [0.1, 0.15) is 31.7 Å². The van der Waals surface area contributed by atoms with E-state index in [1.165, 1.54) is 16.3 Å². The van der Waals surface area contributed by atoms with Crippen molar-refractivity contribution in [3.63, 3.8) is 0 Å². The van der Waals surface area contributed by atoms with Gasteiger partial charge in [-0.3, -0.25) is 4.79 Å². The Labute approximate surface area is 183 Å². The van der Waals surface area contributed by atoms with Gasteiger partial charge in [-0.15, -0.1) is 0 Å². The lowest BCUT2D eigenvalue weighted by Crippen LogP contribution is -2.52. The number of likely N-dealkylation sites (tertiary alicyclic amines) is 1. The van der Waals surface area contributed by atoms with E-state index in [2.05, 4.69) is 0 Å². The van der Waals surface area contributed by atoms with Crippen LogP contribution in [-0.2, 0) is 24.3 Å². The van der Waals surface area contributed by atoms with Gasteiger partial charge in [0.1, 0.15) is 0 Å². The summed E-state index contributed by atoms with van der Waals surface area (Å²) < 4.78 is 37.9. The highest BCUT2D eigenvalue weighted by molar-refractivity contribution is 7.89. The summed E-state index contributed by atoms with van der Waals surface area (Å²) in [5, 5.41) is 0. The summed E-state index contributed by atoms with van der Waals surface area (Å²) in [4.78, 5) is 26.1. The molecule has 0 atom stereocenters. The number of benzene rings is 1. The van der Waals surface area contributed by atoms with Crippen LogP contribution in [0.5, 0.6) is 0 Å². The van der Waals surface area contributed by atoms with E-state index in [9.17, 15) is 18.0 Å². The lowest BCUT2D eigenvalue weighted by molar-refractivity contribution is -0.154. The van der Waals surface area contributed by atoms with Gasteiger partial charge < -0.3 is 14.4 Å². The Hall–Kier alpha value is -2.39. The highest BCUT2D eigenvalue weighted by Crippen LogP contribution is 2.36. The predicted molar refractivity (Wildman–Crippen MR) is 117 cm³/mol. The van der Waals surface area contributed by atoms with Crippen LogP contribution in [0.4, 0.5) is 4.79 Å². The average molecular weight is 451 g/mol. The first-order valence-corrected chi connectivity index (χ1v) is 12.1. The zero-order valence-electron chi connectivity index (χ0n) is 18.1. The average Bonchev–Trinajstić information content (AvgIpc) is 2.79. The number of piperidine rings is 1. The molecule has 0 unspecified atom stereocenters. The molecule has 0 bridgehead atoms. The van der Waals surface area contributed by atoms with E-state index in [4.69, 9.17) is 9.47 Å². The predicted octanol–water partition coefficient (Wildman–Crippen LogP) is 2.52. The smallest absolute Gasteiger partial charge is 0.409 e. The van der Waals surface area contributed by atoms with Gasteiger partial charge in [0, 0.05) is 26.2 Å². The molecule has 0 saturated carbocycles. The summed E-state index contributed by atoms with van der Waals surface area (Å²) in [6, 6.07) is 9.90. The highest BCUT2D eigenvalue weighted by atomic mass is 32.2. The van der Waals surface area contributed by atoms with Crippen LogP contribution < -0.4 is 0 Å². The van der Waals surface area contributed by atoms with E-state index in [-0.39, 0.29) is 44.8 Å². The summed E-state index contributed by atoms with van der Waals surface area (Å²) >= 11 is 0. The minimum Gasteiger partial charge on any atom is -0.469 e. The largest absolute Gasteiger partial charge is 0.469 e. The van der Waals surface area contributed by atoms with Gasteiger partial charge in [-0.05, 0) is 37.3 Å². The van der Waals surface area contributed by atoms with Crippen molar-refractivity contribution < 1.29 is 27.5 Å². The van der Waals surface area contributed by atoms with Crippen LogP contribution in [0.2, 0.25) is 0 Å². The first-order chi connectivity index (χ1) is 14.8. The van der Waals surface area contributed by atoms with E-state index in [0.29, 0.717) is 13.0 Å². The second-order valence-electron chi connectivity index (χ2n) is 7.92. The highest BCUT2D eigenvalue weighted by Gasteiger charge is 2.48. The number of sulfonamides is 1. The number of hydrogen-bond acceptors (Lipinski definition) is 6. The van der Waals surface area contributed by atoms with Gasteiger partial charge in [0.05, 0.1) is 24.9 Å². The first kappa shape index (κ1) is 23.3. The molecule has 0 radical (unpaired) electrons. The van der Waals surface area contributed by atoms with Gasteiger partial charge in [-0.1, -0.05) is 36.4 Å². The number of amides is 1. The summed E-state index contributed by atoms with van der Waals surface area (Å²) in [5.74, 6) is -0.866. The molecule has 3 rings (SSSR count). The Morgan fingerprint density at radius 1 is 1.10 bits per heavy atom. The molecule has 0 spiro atoms. The molecule has 31 heavy (non-hydrogen) atoms. The van der Waals surface area contributed by atoms with Crippen LogP contribution in [0.25, 0.3) is 5.57 Å². The Bertz CT molecular complexity index is 921. The lowest BCUT2D eigenvalue weighted by atomic mass is 9.80. The van der Waals surface area contributed by atoms with E-state index < -0.39 is 27.5 Å². The lowest BCUT2D eigenvalue weighted by Gasteiger charge is -2.40. The molecule has 0 N–H and O–H groups in total. The molecule has 1 fully saturated rings. The van der Waals surface area contributed by atoms with E-state index >= 15 is 0 Å². The SMILES string of the molecule is CCOC(=O)N1CCC(CS(=O)(=O)N2CC=C(c3ccccc3)CC2)(C(=O)OC)CC1. The zero-order chi connectivity index (χ0) is 22.5. The second kappa shape index (κ2) is 9.82. The minimum atomic E-state index is -3.70. The van der Waals surface area contributed by atoms with Gasteiger partial charge in [0.15, 0.2) is 0 Å². The third-order valence-electron chi connectivity index (χ3n) is 6.03. The molecule has 2 aliphatic rings. The molecule has 1 aromatic rings. The summed E-state index contributed by atoms with van der Waals surface area (Å²) in [5.41, 5.74) is 1.05. The number of methoxy groups -OCH3 is 1. The monoisotopic (exact) mass is 450 g/mol. The molecule has 1 saturated heterocycles. The van der Waals surface area contributed by atoms with Crippen molar-refractivity contribution in [1.29, 1.82) is 0 Å². The third-order valence-corrected chi connectivity index (χ3v) is 8.07. The van der Waals surface area contributed by atoms with Crippen molar-refractivity contribution in [2.45, 2.75) is 26.2 Å². The number of rotatable bonds is 6. The van der Waals surface area contributed by atoms with Gasteiger partial charge in [0.2, 0.25) is 10.0 Å². The summed E-state index contributed by atoms with van der Waals surface area (Å²) in [6.45, 7) is 3.14. The molecule has 0 aliphatic carbocycles. The minimum absolute atomic E-state index is 0.219. The fourth-order valence-corrected chi connectivity index (χ4v) is 6.17. The maximum atomic E-state index is 13.2. The number of nitrogens with zero attached hydrogens (tertiary/aromatic N) is 2. The normalized spacial score (nSPS) is 19.4. The van der Waals surface area contributed by atoms with E-state index in [0.717, 1.165) is 11.1 Å². The van der Waals surface area contributed by atoms with E-state index in [1.54, 1.807) is 6.92 Å². The maximum Gasteiger partial charge on any atom is 0.409 e. The van der Waals surface area contributed by atoms with Crippen LogP contribution in [-0.4, -0.2) is 75.3 Å². The van der Waals surface area contributed by atoms with Crippen molar-refractivity contribution in [3.05, 3.63) is 42.0 Å². The fraction of sp³-hybridized carbons (Fsp3) is 0.545. The third kappa shape index (κ3) is 5.27. The molecule has 1 aromatic carbocycles. The van der Waals surface area contributed by atoms with Crippen LogP contribution >= 0.6 is 0 Å². The van der Waals surface area contributed by atoms with Gasteiger partial charge in [-0.2, -0.15) is 4.31 Å². The van der Waals surface area contributed by atoms with Crippen LogP contribution in [0, 0.1) is 5.41 Å². The summed E-state index contributed by atoms with van der Waals surface area (Å²) in [6.07, 6.45) is 2.54. The second-order valence-corrected chi connectivity index (χ2v) is 9.89. The molecular weight excluding hydrogens is 420 g/mol. The molecule has 0 aromatic heterocycles. The van der Waals surface area contributed by atoms with Crippen LogP contribution in [0.15, 0.2) is 36.4 Å².